The molecule has 0 atom stereocenters. The molecule has 3 heterocycles. The molecule has 0 radical (unpaired) electrons. The number of aromatic nitrogens is 2. The second-order valence-electron chi connectivity index (χ2n) is 4.37. The maximum absolute atomic E-state index is 12.1. The largest absolute Gasteiger partial charge is 0.465 e. The number of hydrogen-bond acceptors (Lipinski definition) is 8. The average Bonchev–Trinajstić information content (AvgIpc) is 3.13. The molecule has 1 aliphatic heterocycles. The molecule has 0 aliphatic carbocycles. The Hall–Kier alpha value is -1.84. The van der Waals surface area contributed by atoms with E-state index in [-0.39, 0.29) is 11.6 Å². The molecule has 0 saturated heterocycles. The molecule has 7 nitrogen and oxygen atoms in total. The van der Waals surface area contributed by atoms with Crippen molar-refractivity contribution in [2.24, 2.45) is 0 Å². The van der Waals surface area contributed by atoms with E-state index >= 15 is 0 Å². The normalized spacial score (nSPS) is 13.6. The van der Waals surface area contributed by atoms with E-state index in [1.165, 1.54) is 18.4 Å². The number of fused-ring (bicyclic) bond motifs is 1. The van der Waals surface area contributed by atoms with Crippen molar-refractivity contribution >= 4 is 39.7 Å². The van der Waals surface area contributed by atoms with Gasteiger partial charge in [0.1, 0.15) is 5.00 Å². The molecule has 0 aromatic carbocycles. The van der Waals surface area contributed by atoms with E-state index in [2.05, 4.69) is 20.2 Å². The van der Waals surface area contributed by atoms with E-state index in [0.29, 0.717) is 17.1 Å². The molecule has 3 rings (SSSR count). The standard InChI is InChI=1S/C12H12N4O3S2/c1-19-12(18)9-6-2-3-13-4-8(6)21-11(9)14-10(17)7-5-20-16-15-7/h5,13H,2-4H2,1H3,(H,14,17). The molecule has 1 aliphatic rings. The number of hydrogen-bond donors (Lipinski definition) is 2. The molecule has 2 N–H and O–H groups in total. The molecule has 9 heteroatoms. The zero-order valence-corrected chi connectivity index (χ0v) is 12.8. The zero-order valence-electron chi connectivity index (χ0n) is 11.1. The van der Waals surface area contributed by atoms with Crippen molar-refractivity contribution in [1.29, 1.82) is 0 Å². The van der Waals surface area contributed by atoms with Gasteiger partial charge in [-0.2, -0.15) is 0 Å². The predicted molar refractivity (Wildman–Crippen MR) is 78.9 cm³/mol. The van der Waals surface area contributed by atoms with Gasteiger partial charge in [-0.1, -0.05) is 4.49 Å². The van der Waals surface area contributed by atoms with Gasteiger partial charge in [0, 0.05) is 16.8 Å². The lowest BCUT2D eigenvalue weighted by atomic mass is 10.0. The second kappa shape index (κ2) is 5.88. The topological polar surface area (TPSA) is 93.2 Å². The number of ether oxygens (including phenoxy) is 1. The summed E-state index contributed by atoms with van der Waals surface area (Å²) in [5.41, 5.74) is 1.65. The highest BCUT2D eigenvalue weighted by atomic mass is 32.1. The molecule has 0 unspecified atom stereocenters. The van der Waals surface area contributed by atoms with Crippen LogP contribution in [0.4, 0.5) is 5.00 Å². The fourth-order valence-corrected chi connectivity index (χ4v) is 3.81. The lowest BCUT2D eigenvalue weighted by Crippen LogP contribution is -2.23. The molecule has 2 aromatic rings. The fourth-order valence-electron chi connectivity index (χ4n) is 2.17. The van der Waals surface area contributed by atoms with Crippen molar-refractivity contribution in [3.8, 4) is 0 Å². The maximum atomic E-state index is 12.1. The third kappa shape index (κ3) is 2.67. The summed E-state index contributed by atoms with van der Waals surface area (Å²) < 4.78 is 8.50. The number of methoxy groups -OCH3 is 1. The van der Waals surface area contributed by atoms with E-state index in [1.54, 1.807) is 5.38 Å². The van der Waals surface area contributed by atoms with Crippen molar-refractivity contribution in [1.82, 2.24) is 14.9 Å². The second-order valence-corrected chi connectivity index (χ2v) is 6.09. The van der Waals surface area contributed by atoms with Crippen molar-refractivity contribution < 1.29 is 14.3 Å². The highest BCUT2D eigenvalue weighted by Crippen LogP contribution is 2.36. The first kappa shape index (κ1) is 14.1. The van der Waals surface area contributed by atoms with Gasteiger partial charge in [0.15, 0.2) is 5.69 Å². The van der Waals surface area contributed by atoms with E-state index in [0.717, 1.165) is 34.9 Å². The molecule has 110 valence electrons. The van der Waals surface area contributed by atoms with Crippen LogP contribution in [-0.2, 0) is 17.7 Å². The highest BCUT2D eigenvalue weighted by Gasteiger charge is 2.27. The Balaban J connectivity index is 1.95. The van der Waals surface area contributed by atoms with Crippen LogP contribution in [0, 0.1) is 0 Å². The van der Waals surface area contributed by atoms with Crippen LogP contribution >= 0.6 is 22.9 Å². The average molecular weight is 324 g/mol. The molecule has 1 amide bonds. The molecule has 0 fully saturated rings. The minimum absolute atomic E-state index is 0.236. The lowest BCUT2D eigenvalue weighted by molar-refractivity contribution is 0.0601. The lowest BCUT2D eigenvalue weighted by Gasteiger charge is -2.13. The minimum atomic E-state index is -0.430. The van der Waals surface area contributed by atoms with Gasteiger partial charge in [-0.25, -0.2) is 4.79 Å². The Labute approximate surface area is 128 Å². The molecular formula is C12H12N4O3S2. The Morgan fingerprint density at radius 3 is 3.05 bits per heavy atom. The number of thiophene rings is 1. The van der Waals surface area contributed by atoms with Gasteiger partial charge in [-0.15, -0.1) is 16.4 Å². The molecule has 0 spiro atoms. The van der Waals surface area contributed by atoms with Crippen LogP contribution in [0.3, 0.4) is 0 Å². The number of anilines is 1. The number of carbonyl (C=O) groups excluding carboxylic acids is 2. The fraction of sp³-hybridized carbons (Fsp3) is 0.333. The van der Waals surface area contributed by atoms with Crippen molar-refractivity contribution in [3.63, 3.8) is 0 Å². The summed E-state index contributed by atoms with van der Waals surface area (Å²) in [5, 5.41) is 11.8. The van der Waals surface area contributed by atoms with E-state index in [4.69, 9.17) is 4.74 Å². The monoisotopic (exact) mass is 324 g/mol. The SMILES string of the molecule is COC(=O)c1c(NC(=O)c2csnn2)sc2c1CCNC2. The first-order chi connectivity index (χ1) is 10.2. The van der Waals surface area contributed by atoms with Gasteiger partial charge in [0.2, 0.25) is 0 Å². The molecule has 0 saturated carbocycles. The van der Waals surface area contributed by atoms with Gasteiger partial charge < -0.3 is 15.4 Å². The number of nitrogens with zero attached hydrogens (tertiary/aromatic N) is 2. The summed E-state index contributed by atoms with van der Waals surface area (Å²) in [6, 6.07) is 0. The Kier molecular flexibility index (Phi) is 3.95. The van der Waals surface area contributed by atoms with Gasteiger partial charge >= 0.3 is 5.97 Å². The first-order valence-electron chi connectivity index (χ1n) is 6.22. The summed E-state index contributed by atoms with van der Waals surface area (Å²) in [6.45, 7) is 1.50. The van der Waals surface area contributed by atoms with Gasteiger partial charge in [-0.3, -0.25) is 4.79 Å². The van der Waals surface area contributed by atoms with Crippen LogP contribution in [0.25, 0.3) is 0 Å². The zero-order chi connectivity index (χ0) is 14.8. The van der Waals surface area contributed by atoms with Gasteiger partial charge in [0.05, 0.1) is 12.7 Å². The Bertz CT molecular complexity index is 681. The minimum Gasteiger partial charge on any atom is -0.465 e. The van der Waals surface area contributed by atoms with Crippen LogP contribution in [-0.4, -0.2) is 35.1 Å². The third-order valence-electron chi connectivity index (χ3n) is 3.14. The summed E-state index contributed by atoms with van der Waals surface area (Å²) in [4.78, 5) is 25.2. The van der Waals surface area contributed by atoms with Crippen LogP contribution in [0.5, 0.6) is 0 Å². The number of esters is 1. The number of nitrogens with one attached hydrogen (secondary N) is 2. The van der Waals surface area contributed by atoms with Crippen molar-refractivity contribution in [2.75, 3.05) is 19.0 Å². The third-order valence-corrected chi connectivity index (χ3v) is 4.79. The van der Waals surface area contributed by atoms with E-state index in [1.807, 2.05) is 0 Å². The smallest absolute Gasteiger partial charge is 0.341 e. The predicted octanol–water partition coefficient (Wildman–Crippen LogP) is 1.28. The van der Waals surface area contributed by atoms with Crippen molar-refractivity contribution in [3.05, 3.63) is 27.1 Å². The summed E-state index contributed by atoms with van der Waals surface area (Å²) in [5.74, 6) is -0.804. The van der Waals surface area contributed by atoms with E-state index < -0.39 is 5.97 Å². The van der Waals surface area contributed by atoms with E-state index in [9.17, 15) is 9.59 Å². The van der Waals surface area contributed by atoms with Crippen LogP contribution < -0.4 is 10.6 Å². The quantitative estimate of drug-likeness (QED) is 0.826. The van der Waals surface area contributed by atoms with Gasteiger partial charge in [0.25, 0.3) is 5.91 Å². The van der Waals surface area contributed by atoms with Crippen molar-refractivity contribution in [2.45, 2.75) is 13.0 Å². The number of rotatable bonds is 3. The number of carbonyl (C=O) groups is 2. The first-order valence-corrected chi connectivity index (χ1v) is 7.88. The summed E-state index contributed by atoms with van der Waals surface area (Å²) in [6.07, 6.45) is 0.740. The van der Waals surface area contributed by atoms with Gasteiger partial charge in [-0.05, 0) is 30.1 Å². The van der Waals surface area contributed by atoms with Crippen LogP contribution in [0.15, 0.2) is 5.38 Å². The summed E-state index contributed by atoms with van der Waals surface area (Å²) >= 11 is 2.49. The summed E-state index contributed by atoms with van der Waals surface area (Å²) in [7, 11) is 1.34. The number of amides is 1. The highest BCUT2D eigenvalue weighted by molar-refractivity contribution is 7.17. The molecule has 21 heavy (non-hydrogen) atoms. The Morgan fingerprint density at radius 2 is 2.33 bits per heavy atom. The Morgan fingerprint density at radius 1 is 1.48 bits per heavy atom. The molecular weight excluding hydrogens is 312 g/mol. The molecule has 2 aromatic heterocycles. The maximum Gasteiger partial charge on any atom is 0.341 e. The van der Waals surface area contributed by atoms with Crippen LogP contribution in [0.2, 0.25) is 0 Å². The molecule has 0 bridgehead atoms. The van der Waals surface area contributed by atoms with Crippen LogP contribution in [0.1, 0.15) is 31.3 Å².